The van der Waals surface area contributed by atoms with Crippen LogP contribution in [0.25, 0.3) is 0 Å². The van der Waals surface area contributed by atoms with Crippen molar-refractivity contribution >= 4 is 27.6 Å². The molecule has 1 aromatic rings. The highest BCUT2D eigenvalue weighted by Crippen LogP contribution is 2.31. The average Bonchev–Trinajstić information content (AvgIpc) is 2.61. The van der Waals surface area contributed by atoms with Crippen molar-refractivity contribution in [3.63, 3.8) is 0 Å². The number of sulfonamides is 1. The van der Waals surface area contributed by atoms with E-state index in [2.05, 4.69) is 5.32 Å². The van der Waals surface area contributed by atoms with Crippen molar-refractivity contribution < 1.29 is 27.1 Å². The lowest BCUT2D eigenvalue weighted by Crippen LogP contribution is -2.43. The maximum Gasteiger partial charge on any atom is 0.310 e. The van der Waals surface area contributed by atoms with Crippen molar-refractivity contribution in [2.75, 3.05) is 25.0 Å². The molecule has 2 aliphatic rings. The van der Waals surface area contributed by atoms with Crippen LogP contribution in [-0.4, -0.2) is 44.3 Å². The quantitative estimate of drug-likeness (QED) is 0.798. The van der Waals surface area contributed by atoms with Crippen molar-refractivity contribution in [2.24, 2.45) is 5.92 Å². The molecule has 9 heteroatoms. The van der Waals surface area contributed by atoms with Crippen LogP contribution in [0.4, 0.5) is 10.1 Å². The van der Waals surface area contributed by atoms with Crippen molar-refractivity contribution in [3.05, 3.63) is 23.5 Å². The summed E-state index contributed by atoms with van der Waals surface area (Å²) in [5, 5.41) is 2.55. The Balaban J connectivity index is 1.88. The van der Waals surface area contributed by atoms with Crippen LogP contribution in [0.5, 0.6) is 0 Å². The zero-order chi connectivity index (χ0) is 18.9. The number of nitrogens with one attached hydrogen (secondary N) is 1. The third kappa shape index (κ3) is 3.59. The molecule has 0 radical (unpaired) electrons. The van der Waals surface area contributed by atoms with E-state index in [0.29, 0.717) is 30.5 Å². The van der Waals surface area contributed by atoms with Gasteiger partial charge in [0.25, 0.3) is 0 Å². The molecule has 7 nitrogen and oxygen atoms in total. The van der Waals surface area contributed by atoms with Gasteiger partial charge in [0.05, 0.1) is 12.5 Å². The number of rotatable bonds is 4. The smallest absolute Gasteiger partial charge is 0.310 e. The molecule has 3 rings (SSSR count). The number of amides is 1. The Morgan fingerprint density at radius 2 is 2.15 bits per heavy atom. The van der Waals surface area contributed by atoms with E-state index in [1.165, 1.54) is 6.07 Å². The Morgan fingerprint density at radius 1 is 1.38 bits per heavy atom. The molecular weight excluding hydrogens is 363 g/mol. The fourth-order valence-corrected chi connectivity index (χ4v) is 4.95. The summed E-state index contributed by atoms with van der Waals surface area (Å²) in [6, 6.07) is 2.33. The van der Waals surface area contributed by atoms with Crippen LogP contribution in [0.1, 0.15) is 31.7 Å². The number of hydrogen-bond donors (Lipinski definition) is 1. The molecule has 1 aromatic carbocycles. The first-order valence-corrected chi connectivity index (χ1v) is 10.1. The van der Waals surface area contributed by atoms with E-state index in [0.717, 1.165) is 10.4 Å². The van der Waals surface area contributed by atoms with E-state index in [9.17, 15) is 22.4 Å². The van der Waals surface area contributed by atoms with Gasteiger partial charge >= 0.3 is 5.97 Å². The molecule has 0 saturated carbocycles. The highest BCUT2D eigenvalue weighted by Gasteiger charge is 2.36. The first-order chi connectivity index (χ1) is 12.3. The molecule has 2 heterocycles. The van der Waals surface area contributed by atoms with Gasteiger partial charge in [-0.2, -0.15) is 4.31 Å². The van der Waals surface area contributed by atoms with Gasteiger partial charge in [-0.1, -0.05) is 0 Å². The monoisotopic (exact) mass is 384 g/mol. The van der Waals surface area contributed by atoms with Crippen LogP contribution in [0.3, 0.4) is 0 Å². The predicted octanol–water partition coefficient (Wildman–Crippen LogP) is 1.67. The molecule has 2 aliphatic heterocycles. The number of aryl methyl sites for hydroxylation is 1. The molecule has 1 N–H and O–H groups in total. The van der Waals surface area contributed by atoms with Gasteiger partial charge in [-0.3, -0.25) is 9.59 Å². The first kappa shape index (κ1) is 18.8. The number of hydrogen-bond acceptors (Lipinski definition) is 5. The lowest BCUT2D eigenvalue weighted by molar-refractivity contribution is -0.149. The standard InChI is InChI=1S/C17H21FN2O5S/c1-2-25-17(22)12-4-3-7-20(10-12)26(23,24)15-8-11-5-6-16(21)19-14(11)9-13(15)18/h8-9,12H,2-7,10H2,1H3,(H,19,21). The number of benzene rings is 1. The van der Waals surface area contributed by atoms with Crippen molar-refractivity contribution in [2.45, 2.75) is 37.5 Å². The number of carbonyl (C=O) groups excluding carboxylic acids is 2. The van der Waals surface area contributed by atoms with Gasteiger partial charge in [-0.05, 0) is 43.9 Å². The largest absolute Gasteiger partial charge is 0.466 e. The summed E-state index contributed by atoms with van der Waals surface area (Å²) in [6.07, 6.45) is 1.64. The SMILES string of the molecule is CCOC(=O)C1CCCN(S(=O)(=O)c2cc3c(cc2F)NC(=O)CC3)C1. The van der Waals surface area contributed by atoms with E-state index < -0.39 is 32.6 Å². The molecule has 0 aliphatic carbocycles. The topological polar surface area (TPSA) is 92.8 Å². The van der Waals surface area contributed by atoms with E-state index in [-0.39, 0.29) is 32.0 Å². The number of esters is 1. The average molecular weight is 384 g/mol. The molecule has 0 spiro atoms. The Hall–Kier alpha value is -2.00. The number of fused-ring (bicyclic) bond motifs is 1. The zero-order valence-corrected chi connectivity index (χ0v) is 15.3. The van der Waals surface area contributed by atoms with Gasteiger partial charge in [0, 0.05) is 25.2 Å². The normalized spacial score (nSPS) is 21.0. The molecule has 1 atom stereocenters. The fourth-order valence-electron chi connectivity index (χ4n) is 3.33. The molecule has 26 heavy (non-hydrogen) atoms. The third-order valence-electron chi connectivity index (χ3n) is 4.68. The second-order valence-electron chi connectivity index (χ2n) is 6.44. The van der Waals surface area contributed by atoms with Gasteiger partial charge < -0.3 is 10.1 Å². The minimum absolute atomic E-state index is 0.0194. The third-order valence-corrected chi connectivity index (χ3v) is 6.56. The summed E-state index contributed by atoms with van der Waals surface area (Å²) in [7, 11) is -4.08. The number of piperidine rings is 1. The summed E-state index contributed by atoms with van der Waals surface area (Å²) < 4.78 is 46.5. The highest BCUT2D eigenvalue weighted by molar-refractivity contribution is 7.89. The number of nitrogens with zero attached hydrogens (tertiary/aromatic N) is 1. The zero-order valence-electron chi connectivity index (χ0n) is 14.5. The minimum atomic E-state index is -4.08. The Kier molecular flexibility index (Phi) is 5.29. The molecule has 1 saturated heterocycles. The van der Waals surface area contributed by atoms with Crippen LogP contribution in [-0.2, 0) is 30.8 Å². The Labute approximate surface area is 151 Å². The maximum atomic E-state index is 14.5. The summed E-state index contributed by atoms with van der Waals surface area (Å²) >= 11 is 0. The first-order valence-electron chi connectivity index (χ1n) is 8.62. The van der Waals surface area contributed by atoms with E-state index in [4.69, 9.17) is 4.74 Å². The van der Waals surface area contributed by atoms with Gasteiger partial charge in [0.1, 0.15) is 10.7 Å². The van der Waals surface area contributed by atoms with Gasteiger partial charge in [-0.25, -0.2) is 12.8 Å². The van der Waals surface area contributed by atoms with Crippen molar-refractivity contribution in [1.82, 2.24) is 4.31 Å². The van der Waals surface area contributed by atoms with Gasteiger partial charge in [0.15, 0.2) is 0 Å². The number of carbonyl (C=O) groups is 2. The second-order valence-corrected chi connectivity index (χ2v) is 8.35. The van der Waals surface area contributed by atoms with Crippen LogP contribution < -0.4 is 5.32 Å². The predicted molar refractivity (Wildman–Crippen MR) is 91.5 cm³/mol. The van der Waals surface area contributed by atoms with Crippen molar-refractivity contribution in [3.8, 4) is 0 Å². The van der Waals surface area contributed by atoms with E-state index in [1.54, 1.807) is 6.92 Å². The Morgan fingerprint density at radius 3 is 2.88 bits per heavy atom. The van der Waals surface area contributed by atoms with E-state index >= 15 is 0 Å². The van der Waals surface area contributed by atoms with Gasteiger partial charge in [-0.15, -0.1) is 0 Å². The molecule has 1 fully saturated rings. The minimum Gasteiger partial charge on any atom is -0.466 e. The van der Waals surface area contributed by atoms with Crippen LogP contribution in [0.2, 0.25) is 0 Å². The molecule has 142 valence electrons. The maximum absolute atomic E-state index is 14.5. The Bertz CT molecular complexity index is 840. The molecule has 1 amide bonds. The second kappa shape index (κ2) is 7.32. The summed E-state index contributed by atoms with van der Waals surface area (Å²) in [4.78, 5) is 22.9. The lowest BCUT2D eigenvalue weighted by Gasteiger charge is -2.31. The molecule has 1 unspecified atom stereocenters. The molecular formula is C17H21FN2O5S. The number of ether oxygens (including phenoxy) is 1. The van der Waals surface area contributed by atoms with Crippen molar-refractivity contribution in [1.29, 1.82) is 0 Å². The van der Waals surface area contributed by atoms with Crippen LogP contribution in [0.15, 0.2) is 17.0 Å². The summed E-state index contributed by atoms with van der Waals surface area (Å²) in [5.74, 6) is -2.11. The molecule has 0 aromatic heterocycles. The van der Waals surface area contributed by atoms with Gasteiger partial charge in [0.2, 0.25) is 15.9 Å². The fraction of sp³-hybridized carbons (Fsp3) is 0.529. The van der Waals surface area contributed by atoms with Crippen LogP contribution >= 0.6 is 0 Å². The van der Waals surface area contributed by atoms with E-state index in [1.807, 2.05) is 0 Å². The summed E-state index contributed by atoms with van der Waals surface area (Å²) in [6.45, 7) is 2.13. The highest BCUT2D eigenvalue weighted by atomic mass is 32.2. The lowest BCUT2D eigenvalue weighted by atomic mass is 10.0. The number of halogens is 1. The summed E-state index contributed by atoms with van der Waals surface area (Å²) in [5.41, 5.74) is 0.893. The molecule has 0 bridgehead atoms. The van der Waals surface area contributed by atoms with Crippen LogP contribution in [0, 0.1) is 11.7 Å². The number of anilines is 1.